The Morgan fingerprint density at radius 3 is 2.50 bits per heavy atom. The number of pyridine rings is 1. The molecule has 94 valence electrons. The predicted octanol–water partition coefficient (Wildman–Crippen LogP) is 3.13. The fraction of sp³-hybridized carbons (Fsp3) is 0.267. The lowest BCUT2D eigenvalue weighted by molar-refractivity contribution is 0.412. The second-order valence-electron chi connectivity index (χ2n) is 4.48. The minimum Gasteiger partial charge on any atom is -0.496 e. The molecule has 0 spiro atoms. The molecule has 0 saturated heterocycles. The number of anilines is 1. The number of rotatable bonds is 3. The minimum atomic E-state index is 0.905. The van der Waals surface area contributed by atoms with E-state index in [0.717, 1.165) is 28.3 Å². The molecule has 1 heterocycles. The zero-order valence-corrected chi connectivity index (χ0v) is 11.3. The molecule has 0 aliphatic heterocycles. The van der Waals surface area contributed by atoms with Crippen LogP contribution in [-0.4, -0.2) is 26.2 Å². The summed E-state index contributed by atoms with van der Waals surface area (Å²) in [4.78, 5) is 6.49. The second-order valence-corrected chi connectivity index (χ2v) is 4.48. The van der Waals surface area contributed by atoms with Crippen molar-refractivity contribution in [2.24, 2.45) is 0 Å². The van der Waals surface area contributed by atoms with Gasteiger partial charge in [-0.25, -0.2) is 0 Å². The molecular formula is C15H18N2O. The number of ether oxygens (including phenoxy) is 1. The molecule has 0 aliphatic rings. The lowest BCUT2D eigenvalue weighted by atomic mass is 10.1. The van der Waals surface area contributed by atoms with Gasteiger partial charge in [0.25, 0.3) is 0 Å². The van der Waals surface area contributed by atoms with Gasteiger partial charge in [-0.3, -0.25) is 4.98 Å². The third-order valence-electron chi connectivity index (χ3n) is 2.95. The lowest BCUT2D eigenvalue weighted by Gasteiger charge is -2.13. The van der Waals surface area contributed by atoms with Crippen LogP contribution >= 0.6 is 0 Å². The lowest BCUT2D eigenvalue weighted by Crippen LogP contribution is -2.08. The van der Waals surface area contributed by atoms with Crippen molar-refractivity contribution in [2.75, 3.05) is 26.1 Å². The van der Waals surface area contributed by atoms with Gasteiger partial charge >= 0.3 is 0 Å². The Morgan fingerprint density at radius 2 is 1.89 bits per heavy atom. The van der Waals surface area contributed by atoms with E-state index in [1.165, 1.54) is 0 Å². The highest BCUT2D eigenvalue weighted by molar-refractivity contribution is 5.66. The van der Waals surface area contributed by atoms with Crippen molar-refractivity contribution in [3.63, 3.8) is 0 Å². The molecule has 2 rings (SSSR count). The van der Waals surface area contributed by atoms with Crippen molar-refractivity contribution in [1.82, 2.24) is 4.98 Å². The van der Waals surface area contributed by atoms with E-state index in [0.29, 0.717) is 0 Å². The maximum Gasteiger partial charge on any atom is 0.121 e. The van der Waals surface area contributed by atoms with Crippen molar-refractivity contribution in [2.45, 2.75) is 6.92 Å². The maximum absolute atomic E-state index is 5.27. The first-order valence-corrected chi connectivity index (χ1v) is 5.90. The van der Waals surface area contributed by atoms with E-state index in [1.807, 2.05) is 45.4 Å². The maximum atomic E-state index is 5.27. The van der Waals surface area contributed by atoms with Crippen molar-refractivity contribution >= 4 is 5.69 Å². The second kappa shape index (κ2) is 5.08. The zero-order valence-electron chi connectivity index (χ0n) is 11.3. The Kier molecular flexibility index (Phi) is 3.51. The van der Waals surface area contributed by atoms with Gasteiger partial charge in [-0.15, -0.1) is 0 Å². The van der Waals surface area contributed by atoms with Crippen molar-refractivity contribution in [3.05, 3.63) is 42.1 Å². The first-order valence-electron chi connectivity index (χ1n) is 5.90. The van der Waals surface area contributed by atoms with Gasteiger partial charge < -0.3 is 9.64 Å². The number of hydrogen-bond donors (Lipinski definition) is 0. The topological polar surface area (TPSA) is 25.4 Å². The molecule has 0 saturated carbocycles. The van der Waals surface area contributed by atoms with E-state index in [1.54, 1.807) is 7.11 Å². The molecular weight excluding hydrogens is 224 g/mol. The van der Waals surface area contributed by atoms with Gasteiger partial charge in [-0.05, 0) is 42.8 Å². The summed E-state index contributed by atoms with van der Waals surface area (Å²) in [5.41, 5.74) is 4.35. The van der Waals surface area contributed by atoms with E-state index in [2.05, 4.69) is 22.0 Å². The van der Waals surface area contributed by atoms with Gasteiger partial charge in [0.2, 0.25) is 0 Å². The van der Waals surface area contributed by atoms with Gasteiger partial charge in [0, 0.05) is 31.5 Å². The fourth-order valence-electron chi connectivity index (χ4n) is 1.89. The van der Waals surface area contributed by atoms with Crippen LogP contribution in [-0.2, 0) is 0 Å². The number of benzene rings is 1. The molecule has 0 aliphatic carbocycles. The van der Waals surface area contributed by atoms with Gasteiger partial charge in [-0.1, -0.05) is 0 Å². The van der Waals surface area contributed by atoms with Crippen molar-refractivity contribution in [3.8, 4) is 17.0 Å². The molecule has 0 radical (unpaired) electrons. The molecule has 3 heteroatoms. The zero-order chi connectivity index (χ0) is 13.1. The van der Waals surface area contributed by atoms with Crippen LogP contribution in [0.1, 0.15) is 5.56 Å². The summed E-state index contributed by atoms with van der Waals surface area (Å²) in [7, 11) is 5.74. The summed E-state index contributed by atoms with van der Waals surface area (Å²) in [5.74, 6) is 0.905. The first-order chi connectivity index (χ1) is 8.61. The number of methoxy groups -OCH3 is 1. The molecule has 2 aromatic rings. The highest BCUT2D eigenvalue weighted by atomic mass is 16.5. The van der Waals surface area contributed by atoms with Crippen molar-refractivity contribution in [1.29, 1.82) is 0 Å². The summed E-state index contributed by atoms with van der Waals surface area (Å²) >= 11 is 0. The third kappa shape index (κ3) is 2.45. The highest BCUT2D eigenvalue weighted by Crippen LogP contribution is 2.26. The number of hydrogen-bond acceptors (Lipinski definition) is 3. The van der Waals surface area contributed by atoms with Crippen LogP contribution < -0.4 is 9.64 Å². The summed E-state index contributed by atoms with van der Waals surface area (Å²) in [6.45, 7) is 2.04. The van der Waals surface area contributed by atoms with Gasteiger partial charge in [0.05, 0.1) is 12.8 Å². The van der Waals surface area contributed by atoms with E-state index in [-0.39, 0.29) is 0 Å². The monoisotopic (exact) mass is 242 g/mol. The van der Waals surface area contributed by atoms with E-state index in [9.17, 15) is 0 Å². The quantitative estimate of drug-likeness (QED) is 0.826. The standard InChI is InChI=1S/C15H18N2O/c1-11-9-12(5-6-15(11)18-4)14-10-13(17(2)3)7-8-16-14/h5-10H,1-4H3. The van der Waals surface area contributed by atoms with E-state index in [4.69, 9.17) is 4.74 Å². The van der Waals surface area contributed by atoms with Crippen LogP contribution in [0.3, 0.4) is 0 Å². The summed E-state index contributed by atoms with van der Waals surface area (Å²) < 4.78 is 5.27. The predicted molar refractivity (Wildman–Crippen MR) is 75.3 cm³/mol. The molecule has 1 aromatic heterocycles. The molecule has 1 aromatic carbocycles. The van der Waals surface area contributed by atoms with Crippen LogP contribution in [0.25, 0.3) is 11.3 Å². The number of aromatic nitrogens is 1. The van der Waals surface area contributed by atoms with E-state index < -0.39 is 0 Å². The molecule has 0 amide bonds. The molecule has 3 nitrogen and oxygen atoms in total. The van der Waals surface area contributed by atoms with Crippen LogP contribution in [0, 0.1) is 6.92 Å². The summed E-state index contributed by atoms with van der Waals surface area (Å²) in [6.07, 6.45) is 1.84. The minimum absolute atomic E-state index is 0.905. The Morgan fingerprint density at radius 1 is 1.11 bits per heavy atom. The molecule has 0 atom stereocenters. The van der Waals surface area contributed by atoms with Gasteiger partial charge in [0.15, 0.2) is 0 Å². The third-order valence-corrected chi connectivity index (χ3v) is 2.95. The van der Waals surface area contributed by atoms with E-state index >= 15 is 0 Å². The Labute approximate surface area is 108 Å². The Bertz CT molecular complexity index is 550. The largest absolute Gasteiger partial charge is 0.496 e. The average Bonchev–Trinajstić information content (AvgIpc) is 2.38. The summed E-state index contributed by atoms with van der Waals surface area (Å²) in [5, 5.41) is 0. The van der Waals surface area contributed by atoms with Crippen LogP contribution in [0.2, 0.25) is 0 Å². The highest BCUT2D eigenvalue weighted by Gasteiger charge is 2.05. The Hall–Kier alpha value is -2.03. The molecule has 0 fully saturated rings. The van der Waals surface area contributed by atoms with Crippen LogP contribution in [0.4, 0.5) is 5.69 Å². The number of nitrogens with zero attached hydrogens (tertiary/aromatic N) is 2. The fourth-order valence-corrected chi connectivity index (χ4v) is 1.89. The smallest absolute Gasteiger partial charge is 0.121 e. The molecule has 0 bridgehead atoms. The average molecular weight is 242 g/mol. The number of aryl methyl sites for hydroxylation is 1. The van der Waals surface area contributed by atoms with Crippen molar-refractivity contribution < 1.29 is 4.74 Å². The molecule has 0 unspecified atom stereocenters. The van der Waals surface area contributed by atoms with Crippen LogP contribution in [0.5, 0.6) is 5.75 Å². The first kappa shape index (κ1) is 12.4. The molecule has 0 N–H and O–H groups in total. The Balaban J connectivity index is 2.42. The van der Waals surface area contributed by atoms with Crippen LogP contribution in [0.15, 0.2) is 36.5 Å². The van der Waals surface area contributed by atoms with Gasteiger partial charge in [-0.2, -0.15) is 0 Å². The SMILES string of the molecule is COc1ccc(-c2cc(N(C)C)ccn2)cc1C. The summed E-state index contributed by atoms with van der Waals surface area (Å²) in [6, 6.07) is 10.2. The van der Waals surface area contributed by atoms with Gasteiger partial charge in [0.1, 0.15) is 5.75 Å². The molecule has 18 heavy (non-hydrogen) atoms. The normalized spacial score (nSPS) is 10.2.